The van der Waals surface area contributed by atoms with Crippen molar-refractivity contribution in [3.05, 3.63) is 60.1 Å². The fourth-order valence-corrected chi connectivity index (χ4v) is 3.71. The molecular formula is C20H22N2O2. The quantitative estimate of drug-likeness (QED) is 0.695. The van der Waals surface area contributed by atoms with Crippen LogP contribution in [0.15, 0.2) is 53.1 Å². The van der Waals surface area contributed by atoms with Crippen molar-refractivity contribution in [2.45, 2.75) is 31.7 Å². The Labute approximate surface area is 141 Å². The van der Waals surface area contributed by atoms with Gasteiger partial charge in [-0.15, -0.1) is 0 Å². The van der Waals surface area contributed by atoms with Crippen LogP contribution in [-0.2, 0) is 7.05 Å². The summed E-state index contributed by atoms with van der Waals surface area (Å²) in [7, 11) is 2.05. The Bertz CT molecular complexity index is 828. The fourth-order valence-electron chi connectivity index (χ4n) is 3.71. The fraction of sp³-hybridized carbons (Fsp3) is 0.350. The third kappa shape index (κ3) is 2.62. The van der Waals surface area contributed by atoms with Crippen molar-refractivity contribution < 1.29 is 9.21 Å². The SMILES string of the molecule is Cn1cccc1C1CCCCCN1C(=O)c1cc2ccccc2o1. The minimum absolute atomic E-state index is 0.000648. The Morgan fingerprint density at radius 2 is 2.00 bits per heavy atom. The number of aryl methyl sites for hydroxylation is 1. The summed E-state index contributed by atoms with van der Waals surface area (Å²) < 4.78 is 7.94. The molecule has 4 nitrogen and oxygen atoms in total. The highest BCUT2D eigenvalue weighted by molar-refractivity contribution is 5.96. The number of carbonyl (C=O) groups is 1. The molecular weight excluding hydrogens is 300 g/mol. The van der Waals surface area contributed by atoms with Crippen LogP contribution in [0, 0.1) is 0 Å². The number of likely N-dealkylation sites (tertiary alicyclic amines) is 1. The van der Waals surface area contributed by atoms with E-state index in [-0.39, 0.29) is 11.9 Å². The molecule has 24 heavy (non-hydrogen) atoms. The summed E-state index contributed by atoms with van der Waals surface area (Å²) in [6.45, 7) is 0.783. The third-order valence-corrected chi connectivity index (χ3v) is 4.98. The third-order valence-electron chi connectivity index (χ3n) is 4.98. The normalized spacial score (nSPS) is 18.7. The summed E-state index contributed by atoms with van der Waals surface area (Å²) in [5, 5.41) is 0.978. The van der Waals surface area contributed by atoms with E-state index in [9.17, 15) is 4.79 Å². The van der Waals surface area contributed by atoms with E-state index in [4.69, 9.17) is 4.42 Å². The molecule has 0 saturated carbocycles. The van der Waals surface area contributed by atoms with E-state index in [1.165, 1.54) is 12.1 Å². The largest absolute Gasteiger partial charge is 0.451 e. The Hall–Kier alpha value is -2.49. The Balaban J connectivity index is 1.70. The van der Waals surface area contributed by atoms with Gasteiger partial charge in [0.2, 0.25) is 0 Å². The lowest BCUT2D eigenvalue weighted by atomic mass is 10.1. The molecule has 0 bridgehead atoms. The summed E-state index contributed by atoms with van der Waals surface area (Å²) in [6.07, 6.45) is 6.42. The molecule has 124 valence electrons. The first-order valence-corrected chi connectivity index (χ1v) is 8.65. The number of benzene rings is 1. The number of nitrogens with zero attached hydrogens (tertiary/aromatic N) is 2. The van der Waals surface area contributed by atoms with E-state index >= 15 is 0 Å². The molecule has 1 unspecified atom stereocenters. The number of hydrogen-bond acceptors (Lipinski definition) is 2. The number of rotatable bonds is 2. The van der Waals surface area contributed by atoms with E-state index < -0.39 is 0 Å². The number of amides is 1. The lowest BCUT2D eigenvalue weighted by molar-refractivity contribution is 0.0644. The molecule has 0 spiro atoms. The molecule has 0 aliphatic carbocycles. The van der Waals surface area contributed by atoms with Crippen LogP contribution in [0.2, 0.25) is 0 Å². The first-order valence-electron chi connectivity index (χ1n) is 8.65. The Morgan fingerprint density at radius 3 is 2.79 bits per heavy atom. The lowest BCUT2D eigenvalue weighted by Gasteiger charge is -2.30. The lowest BCUT2D eigenvalue weighted by Crippen LogP contribution is -2.35. The molecule has 1 aliphatic heterocycles. The molecule has 1 amide bonds. The van der Waals surface area contributed by atoms with Gasteiger partial charge >= 0.3 is 0 Å². The maximum Gasteiger partial charge on any atom is 0.290 e. The maximum absolute atomic E-state index is 13.2. The zero-order valence-electron chi connectivity index (χ0n) is 13.9. The second-order valence-electron chi connectivity index (χ2n) is 6.56. The molecule has 4 heteroatoms. The molecule has 3 aromatic rings. The first-order chi connectivity index (χ1) is 11.7. The zero-order chi connectivity index (χ0) is 16.5. The van der Waals surface area contributed by atoms with Crippen LogP contribution in [-0.4, -0.2) is 21.9 Å². The number of fused-ring (bicyclic) bond motifs is 1. The average molecular weight is 322 g/mol. The zero-order valence-corrected chi connectivity index (χ0v) is 13.9. The average Bonchev–Trinajstić information content (AvgIpc) is 3.13. The number of para-hydroxylation sites is 1. The van der Waals surface area contributed by atoms with E-state index in [0.29, 0.717) is 5.76 Å². The number of aromatic nitrogens is 1. The molecule has 1 aliphatic rings. The standard InChI is InChI=1S/C20H22N2O2/c1-21-12-7-10-16(21)17-9-3-2-6-13-22(17)20(23)19-14-15-8-4-5-11-18(15)24-19/h4-5,7-8,10-12,14,17H,2-3,6,9,13H2,1H3. The molecule has 3 heterocycles. The van der Waals surface area contributed by atoms with Crippen LogP contribution in [0.25, 0.3) is 11.0 Å². The highest BCUT2D eigenvalue weighted by Crippen LogP contribution is 2.32. The Kier molecular flexibility index (Phi) is 3.89. The van der Waals surface area contributed by atoms with E-state index in [2.05, 4.69) is 10.6 Å². The molecule has 0 N–H and O–H groups in total. The van der Waals surface area contributed by atoms with Gasteiger partial charge in [0, 0.05) is 30.9 Å². The molecule has 1 saturated heterocycles. The number of furan rings is 1. The summed E-state index contributed by atoms with van der Waals surface area (Å²) in [5.74, 6) is 0.441. The van der Waals surface area contributed by atoms with Gasteiger partial charge in [0.25, 0.3) is 5.91 Å². The van der Waals surface area contributed by atoms with Crippen LogP contribution in [0.5, 0.6) is 0 Å². The molecule has 1 atom stereocenters. The summed E-state index contributed by atoms with van der Waals surface area (Å²) in [5.41, 5.74) is 1.97. The monoisotopic (exact) mass is 322 g/mol. The first kappa shape index (κ1) is 15.1. The highest BCUT2D eigenvalue weighted by atomic mass is 16.3. The van der Waals surface area contributed by atoms with Crippen LogP contribution < -0.4 is 0 Å². The highest BCUT2D eigenvalue weighted by Gasteiger charge is 2.30. The molecule has 1 aromatic carbocycles. The van der Waals surface area contributed by atoms with Crippen molar-refractivity contribution in [3.63, 3.8) is 0 Å². The van der Waals surface area contributed by atoms with Gasteiger partial charge in [-0.25, -0.2) is 0 Å². The van der Waals surface area contributed by atoms with E-state index in [1.807, 2.05) is 54.5 Å². The second-order valence-corrected chi connectivity index (χ2v) is 6.56. The molecule has 0 radical (unpaired) electrons. The van der Waals surface area contributed by atoms with Gasteiger partial charge in [-0.3, -0.25) is 4.79 Å². The second kappa shape index (κ2) is 6.19. The predicted octanol–water partition coefficient (Wildman–Crippen LogP) is 4.53. The maximum atomic E-state index is 13.2. The minimum Gasteiger partial charge on any atom is -0.451 e. The van der Waals surface area contributed by atoms with E-state index in [0.717, 1.165) is 36.8 Å². The van der Waals surface area contributed by atoms with Crippen molar-refractivity contribution in [2.24, 2.45) is 7.05 Å². The number of hydrogen-bond donors (Lipinski definition) is 0. The minimum atomic E-state index is -0.000648. The summed E-state index contributed by atoms with van der Waals surface area (Å²) >= 11 is 0. The number of carbonyl (C=O) groups excluding carboxylic acids is 1. The van der Waals surface area contributed by atoms with Gasteiger partial charge in [0.15, 0.2) is 5.76 Å². The molecule has 1 fully saturated rings. The topological polar surface area (TPSA) is 38.4 Å². The van der Waals surface area contributed by atoms with Crippen molar-refractivity contribution >= 4 is 16.9 Å². The smallest absolute Gasteiger partial charge is 0.290 e. The van der Waals surface area contributed by atoms with Crippen molar-refractivity contribution in [2.75, 3.05) is 6.54 Å². The van der Waals surface area contributed by atoms with Gasteiger partial charge in [0.05, 0.1) is 6.04 Å². The van der Waals surface area contributed by atoms with Crippen molar-refractivity contribution in [1.82, 2.24) is 9.47 Å². The van der Waals surface area contributed by atoms with E-state index in [1.54, 1.807) is 0 Å². The van der Waals surface area contributed by atoms with Gasteiger partial charge in [-0.05, 0) is 37.1 Å². The van der Waals surface area contributed by atoms with Gasteiger partial charge in [-0.1, -0.05) is 31.0 Å². The van der Waals surface area contributed by atoms with Crippen LogP contribution in [0.1, 0.15) is 48.0 Å². The van der Waals surface area contributed by atoms with Crippen LogP contribution >= 0.6 is 0 Å². The van der Waals surface area contributed by atoms with Crippen LogP contribution in [0.4, 0.5) is 0 Å². The molecule has 4 rings (SSSR count). The van der Waals surface area contributed by atoms with Gasteiger partial charge in [0.1, 0.15) is 5.58 Å². The summed E-state index contributed by atoms with van der Waals surface area (Å²) in [6, 6.07) is 13.9. The van der Waals surface area contributed by atoms with Crippen molar-refractivity contribution in [1.29, 1.82) is 0 Å². The summed E-state index contributed by atoms with van der Waals surface area (Å²) in [4.78, 5) is 15.2. The van der Waals surface area contributed by atoms with Crippen molar-refractivity contribution in [3.8, 4) is 0 Å². The predicted molar refractivity (Wildman–Crippen MR) is 93.9 cm³/mol. The van der Waals surface area contributed by atoms with Gasteiger partial charge in [-0.2, -0.15) is 0 Å². The van der Waals surface area contributed by atoms with Crippen LogP contribution in [0.3, 0.4) is 0 Å². The van der Waals surface area contributed by atoms with Gasteiger partial charge < -0.3 is 13.9 Å². The Morgan fingerprint density at radius 1 is 1.12 bits per heavy atom. The molecule has 2 aromatic heterocycles.